The molecule has 1 aliphatic heterocycles. The predicted molar refractivity (Wildman–Crippen MR) is 124 cm³/mol. The smallest absolute Gasteiger partial charge is 0.242 e. The molecule has 3 rings (SSSR count). The van der Waals surface area contributed by atoms with Crippen molar-refractivity contribution in [3.63, 3.8) is 0 Å². The molecule has 0 saturated carbocycles. The maximum atomic E-state index is 12.9. The molecule has 1 heterocycles. The van der Waals surface area contributed by atoms with Crippen LogP contribution in [0.3, 0.4) is 0 Å². The van der Waals surface area contributed by atoms with Crippen LogP contribution in [0.2, 0.25) is 0 Å². The lowest BCUT2D eigenvalue weighted by Gasteiger charge is -2.14. The number of aryl methyl sites for hydroxylation is 2. The molecule has 5 nitrogen and oxygen atoms in total. The minimum atomic E-state index is -0.512. The molecular formula is C22H22BrN3O2S. The molecule has 2 aromatic carbocycles. The minimum absolute atomic E-state index is 0.0828. The van der Waals surface area contributed by atoms with Crippen molar-refractivity contribution in [3.8, 4) is 0 Å². The highest BCUT2D eigenvalue weighted by Crippen LogP contribution is 2.34. The number of amides is 2. The highest BCUT2D eigenvalue weighted by molar-refractivity contribution is 9.10. The molecule has 29 heavy (non-hydrogen) atoms. The Morgan fingerprint density at radius 3 is 2.76 bits per heavy atom. The van der Waals surface area contributed by atoms with Gasteiger partial charge in [0.25, 0.3) is 0 Å². The quantitative estimate of drug-likeness (QED) is 0.587. The fraction of sp³-hybridized carbons (Fsp3) is 0.227. The molecule has 7 heteroatoms. The van der Waals surface area contributed by atoms with Crippen LogP contribution in [0, 0.1) is 13.8 Å². The molecule has 1 aliphatic rings. The molecule has 0 bridgehead atoms. The number of carbonyl (C=O) groups excluding carboxylic acids is 2. The number of nitrogens with zero attached hydrogens (tertiary/aromatic N) is 2. The first kappa shape index (κ1) is 21.3. The standard InChI is InChI=1S/C22H22BrN3O2S/c1-4-11-26-21(28)19(29-22(26)25-18-8-6-5-7-16(18)23)13-20(27)24-17-10-9-14(2)12-15(17)3/h4-10,12,19H,1,11,13H2,2-3H3,(H,24,27)/t19-/m0/s1. The highest BCUT2D eigenvalue weighted by Gasteiger charge is 2.38. The second kappa shape index (κ2) is 9.41. The van der Waals surface area contributed by atoms with Gasteiger partial charge >= 0.3 is 0 Å². The first-order chi connectivity index (χ1) is 13.9. The Balaban J connectivity index is 1.76. The van der Waals surface area contributed by atoms with Crippen LogP contribution in [-0.2, 0) is 9.59 Å². The Hall–Kier alpha value is -2.38. The Morgan fingerprint density at radius 2 is 2.07 bits per heavy atom. The molecule has 2 amide bonds. The van der Waals surface area contributed by atoms with Gasteiger partial charge in [0.2, 0.25) is 11.8 Å². The number of carbonyl (C=O) groups is 2. The topological polar surface area (TPSA) is 61.8 Å². The number of aliphatic imine (C=N–C) groups is 1. The molecule has 1 N–H and O–H groups in total. The maximum absolute atomic E-state index is 12.9. The van der Waals surface area contributed by atoms with Gasteiger partial charge in [-0.25, -0.2) is 4.99 Å². The van der Waals surface area contributed by atoms with Crippen LogP contribution in [0.5, 0.6) is 0 Å². The zero-order chi connectivity index (χ0) is 21.0. The summed E-state index contributed by atoms with van der Waals surface area (Å²) in [7, 11) is 0. The third-order valence-corrected chi connectivity index (χ3v) is 6.27. The molecule has 0 spiro atoms. The van der Waals surface area contributed by atoms with Crippen molar-refractivity contribution in [1.82, 2.24) is 4.90 Å². The molecule has 0 radical (unpaired) electrons. The van der Waals surface area contributed by atoms with Crippen LogP contribution < -0.4 is 5.32 Å². The SMILES string of the molecule is C=CCN1C(=O)[C@H](CC(=O)Nc2ccc(C)cc2C)SC1=Nc1ccccc1Br. The fourth-order valence-corrected chi connectivity index (χ4v) is 4.52. The molecule has 1 saturated heterocycles. The summed E-state index contributed by atoms with van der Waals surface area (Å²) < 4.78 is 0.843. The number of amidine groups is 1. The number of para-hydroxylation sites is 1. The third-order valence-electron chi connectivity index (χ3n) is 4.43. The Labute approximate surface area is 183 Å². The maximum Gasteiger partial charge on any atom is 0.242 e. The summed E-state index contributed by atoms with van der Waals surface area (Å²) >= 11 is 4.79. The summed E-state index contributed by atoms with van der Waals surface area (Å²) in [5, 5.41) is 2.98. The largest absolute Gasteiger partial charge is 0.326 e. The lowest BCUT2D eigenvalue weighted by atomic mass is 10.1. The number of anilines is 1. The van der Waals surface area contributed by atoms with E-state index in [1.807, 2.05) is 56.3 Å². The van der Waals surface area contributed by atoms with E-state index in [-0.39, 0.29) is 18.2 Å². The zero-order valence-electron chi connectivity index (χ0n) is 16.3. The lowest BCUT2D eigenvalue weighted by molar-refractivity contribution is -0.127. The summed E-state index contributed by atoms with van der Waals surface area (Å²) in [6.07, 6.45) is 1.74. The van der Waals surface area contributed by atoms with Gasteiger partial charge in [-0.15, -0.1) is 6.58 Å². The van der Waals surface area contributed by atoms with Gasteiger partial charge in [0, 0.05) is 23.1 Å². The van der Waals surface area contributed by atoms with Crippen molar-refractivity contribution in [2.45, 2.75) is 25.5 Å². The van der Waals surface area contributed by atoms with E-state index in [2.05, 4.69) is 32.8 Å². The second-order valence-electron chi connectivity index (χ2n) is 6.76. The summed E-state index contributed by atoms with van der Waals surface area (Å²) in [5.74, 6) is -0.319. The van der Waals surface area contributed by atoms with Gasteiger partial charge in [0.05, 0.1) is 5.69 Å². The number of rotatable bonds is 6. The molecule has 150 valence electrons. The van der Waals surface area contributed by atoms with E-state index in [0.717, 1.165) is 27.0 Å². The van der Waals surface area contributed by atoms with E-state index < -0.39 is 5.25 Å². The number of halogens is 1. The van der Waals surface area contributed by atoms with E-state index >= 15 is 0 Å². The highest BCUT2D eigenvalue weighted by atomic mass is 79.9. The van der Waals surface area contributed by atoms with E-state index in [4.69, 9.17) is 0 Å². The monoisotopic (exact) mass is 471 g/mol. The molecule has 1 fully saturated rings. The first-order valence-corrected chi connectivity index (χ1v) is 10.9. The van der Waals surface area contributed by atoms with Crippen molar-refractivity contribution in [3.05, 3.63) is 70.7 Å². The fourth-order valence-electron chi connectivity index (χ4n) is 2.99. The van der Waals surface area contributed by atoms with E-state index in [9.17, 15) is 9.59 Å². The second-order valence-corrected chi connectivity index (χ2v) is 8.78. The molecule has 2 aromatic rings. The van der Waals surface area contributed by atoms with Gasteiger partial charge in [0.15, 0.2) is 5.17 Å². The van der Waals surface area contributed by atoms with Crippen LogP contribution in [0.4, 0.5) is 11.4 Å². The Kier molecular flexibility index (Phi) is 6.92. The van der Waals surface area contributed by atoms with Crippen LogP contribution in [0.1, 0.15) is 17.5 Å². The van der Waals surface area contributed by atoms with Crippen LogP contribution in [0.25, 0.3) is 0 Å². The van der Waals surface area contributed by atoms with Crippen molar-refractivity contribution in [1.29, 1.82) is 0 Å². The summed E-state index contributed by atoms with van der Waals surface area (Å²) in [6.45, 7) is 8.04. The van der Waals surface area contributed by atoms with Crippen LogP contribution >= 0.6 is 27.7 Å². The minimum Gasteiger partial charge on any atom is -0.326 e. The number of nitrogens with one attached hydrogen (secondary N) is 1. The zero-order valence-corrected chi connectivity index (χ0v) is 18.7. The van der Waals surface area contributed by atoms with Gasteiger partial charge in [-0.3, -0.25) is 14.5 Å². The van der Waals surface area contributed by atoms with E-state index in [1.165, 1.54) is 11.8 Å². The van der Waals surface area contributed by atoms with Gasteiger partial charge in [-0.05, 0) is 53.5 Å². The summed E-state index contributed by atoms with van der Waals surface area (Å²) in [5.41, 5.74) is 3.63. The van der Waals surface area contributed by atoms with Gasteiger partial charge in [-0.2, -0.15) is 0 Å². The molecule has 1 atom stereocenters. The average molecular weight is 472 g/mol. The van der Waals surface area contributed by atoms with Crippen LogP contribution in [-0.4, -0.2) is 33.7 Å². The van der Waals surface area contributed by atoms with E-state index in [1.54, 1.807) is 11.0 Å². The normalized spacial score (nSPS) is 17.6. The van der Waals surface area contributed by atoms with E-state index in [0.29, 0.717) is 11.7 Å². The molecule has 0 aliphatic carbocycles. The van der Waals surface area contributed by atoms with Crippen LogP contribution in [0.15, 0.2) is 64.6 Å². The molecular weight excluding hydrogens is 450 g/mol. The third kappa shape index (κ3) is 5.16. The van der Waals surface area contributed by atoms with Crippen molar-refractivity contribution < 1.29 is 9.59 Å². The van der Waals surface area contributed by atoms with Crippen molar-refractivity contribution in [2.75, 3.05) is 11.9 Å². The predicted octanol–water partition coefficient (Wildman–Crippen LogP) is 5.21. The molecule has 0 unspecified atom stereocenters. The summed E-state index contributed by atoms with van der Waals surface area (Å²) in [6, 6.07) is 13.4. The van der Waals surface area contributed by atoms with Crippen molar-refractivity contribution in [2.24, 2.45) is 4.99 Å². The van der Waals surface area contributed by atoms with Gasteiger partial charge < -0.3 is 5.32 Å². The number of hydrogen-bond donors (Lipinski definition) is 1. The average Bonchev–Trinajstić information content (AvgIpc) is 2.95. The first-order valence-electron chi connectivity index (χ1n) is 9.18. The molecule has 0 aromatic heterocycles. The number of thioether (sulfide) groups is 1. The van der Waals surface area contributed by atoms with Gasteiger partial charge in [-0.1, -0.05) is 47.7 Å². The Morgan fingerprint density at radius 1 is 1.31 bits per heavy atom. The lowest BCUT2D eigenvalue weighted by Crippen LogP contribution is -2.33. The number of hydrogen-bond acceptors (Lipinski definition) is 4. The number of benzene rings is 2. The summed E-state index contributed by atoms with van der Waals surface area (Å²) in [4.78, 5) is 31.6. The van der Waals surface area contributed by atoms with Gasteiger partial charge in [0.1, 0.15) is 5.25 Å². The Bertz CT molecular complexity index is 990. The van der Waals surface area contributed by atoms with Crippen molar-refractivity contribution >= 4 is 56.0 Å².